The van der Waals surface area contributed by atoms with E-state index in [2.05, 4.69) is 17.5 Å². The summed E-state index contributed by atoms with van der Waals surface area (Å²) in [4.78, 5) is 12.0. The molecule has 0 unspecified atom stereocenters. The van der Waals surface area contributed by atoms with Crippen LogP contribution in [0.25, 0.3) is 6.08 Å². The van der Waals surface area contributed by atoms with Crippen LogP contribution < -0.4 is 10.1 Å². The fraction of sp³-hybridized carbons (Fsp3) is 0.250. The third kappa shape index (κ3) is 3.00. The predicted octanol–water partition coefficient (Wildman–Crippen LogP) is 4.50. The lowest BCUT2D eigenvalue weighted by atomic mass is 10.00. The van der Waals surface area contributed by atoms with Crippen LogP contribution in [0.4, 0.5) is 5.69 Å². The van der Waals surface area contributed by atoms with Crippen LogP contribution in [-0.2, 0) is 11.4 Å². The summed E-state index contributed by atoms with van der Waals surface area (Å²) in [7, 11) is 0. The molecule has 2 aromatic carbocycles. The maximum Gasteiger partial charge on any atom is 0.228 e. The van der Waals surface area contributed by atoms with E-state index in [0.29, 0.717) is 18.9 Å². The molecule has 1 aliphatic carbocycles. The quantitative estimate of drug-likeness (QED) is 0.903. The highest BCUT2D eigenvalue weighted by Crippen LogP contribution is 2.46. The van der Waals surface area contributed by atoms with Gasteiger partial charge in [-0.25, -0.2) is 0 Å². The fourth-order valence-electron chi connectivity index (χ4n) is 3.00. The van der Waals surface area contributed by atoms with Gasteiger partial charge in [-0.2, -0.15) is 0 Å². The lowest BCUT2D eigenvalue weighted by Gasteiger charge is -2.17. The van der Waals surface area contributed by atoms with Crippen molar-refractivity contribution in [3.63, 3.8) is 0 Å². The van der Waals surface area contributed by atoms with E-state index in [1.807, 2.05) is 42.5 Å². The van der Waals surface area contributed by atoms with E-state index < -0.39 is 0 Å². The number of ether oxygens (including phenoxy) is 1. The van der Waals surface area contributed by atoms with Crippen molar-refractivity contribution in [2.75, 3.05) is 5.32 Å². The van der Waals surface area contributed by atoms with Gasteiger partial charge in [0.05, 0.1) is 5.69 Å². The minimum absolute atomic E-state index is 0.0116. The molecule has 0 saturated heterocycles. The molecule has 1 amide bonds. The number of benzene rings is 2. The molecule has 1 saturated carbocycles. The van der Waals surface area contributed by atoms with Crippen LogP contribution in [-0.4, -0.2) is 5.91 Å². The Kier molecular flexibility index (Phi) is 3.62. The molecule has 0 radical (unpaired) electrons. The molecule has 2 aliphatic rings. The standard InChI is InChI=1S/C20H19NO2/c22-19-8-4-7-17-16(15-9-10-15)11-12-18(20(17)21-19)23-13-14-5-2-1-3-6-14/h1-7,11-12,15H,8-10,13H2,(H,21,22). The van der Waals surface area contributed by atoms with Crippen molar-refractivity contribution in [3.8, 4) is 5.75 Å². The Morgan fingerprint density at radius 2 is 1.91 bits per heavy atom. The highest BCUT2D eigenvalue weighted by molar-refractivity contribution is 5.98. The summed E-state index contributed by atoms with van der Waals surface area (Å²) in [5.74, 6) is 1.39. The second-order valence-corrected chi connectivity index (χ2v) is 6.14. The van der Waals surface area contributed by atoms with Gasteiger partial charge in [0.1, 0.15) is 12.4 Å². The number of rotatable bonds is 4. The van der Waals surface area contributed by atoms with Crippen molar-refractivity contribution in [2.24, 2.45) is 0 Å². The van der Waals surface area contributed by atoms with E-state index in [9.17, 15) is 4.79 Å². The van der Waals surface area contributed by atoms with Crippen LogP contribution in [0.15, 0.2) is 48.5 Å². The average Bonchev–Trinajstić information content (AvgIpc) is 3.40. The Morgan fingerprint density at radius 1 is 1.09 bits per heavy atom. The minimum Gasteiger partial charge on any atom is -0.487 e. The van der Waals surface area contributed by atoms with Crippen LogP contribution in [0.2, 0.25) is 0 Å². The summed E-state index contributed by atoms with van der Waals surface area (Å²) in [5.41, 5.74) is 4.38. The molecule has 1 fully saturated rings. The predicted molar refractivity (Wildman–Crippen MR) is 91.5 cm³/mol. The maximum atomic E-state index is 12.0. The molecule has 0 atom stereocenters. The van der Waals surface area contributed by atoms with Gasteiger partial charge in [0.25, 0.3) is 0 Å². The van der Waals surface area contributed by atoms with Gasteiger partial charge in [0.2, 0.25) is 5.91 Å². The van der Waals surface area contributed by atoms with Gasteiger partial charge in [-0.3, -0.25) is 4.79 Å². The largest absolute Gasteiger partial charge is 0.487 e. The summed E-state index contributed by atoms with van der Waals surface area (Å²) >= 11 is 0. The van der Waals surface area contributed by atoms with Gasteiger partial charge in [-0.1, -0.05) is 48.6 Å². The number of carbonyl (C=O) groups is 1. The second kappa shape index (κ2) is 5.92. The highest BCUT2D eigenvalue weighted by atomic mass is 16.5. The number of hydrogen-bond acceptors (Lipinski definition) is 2. The van der Waals surface area contributed by atoms with Crippen molar-refractivity contribution >= 4 is 17.7 Å². The van der Waals surface area contributed by atoms with E-state index in [-0.39, 0.29) is 5.91 Å². The topological polar surface area (TPSA) is 38.3 Å². The van der Waals surface area contributed by atoms with Crippen LogP contribution in [0, 0.1) is 0 Å². The summed E-state index contributed by atoms with van der Waals surface area (Å²) in [6.45, 7) is 0.496. The SMILES string of the molecule is O=C1CC=Cc2c(C3CC3)ccc(OCc3ccccc3)c2N1. The second-order valence-electron chi connectivity index (χ2n) is 6.14. The maximum absolute atomic E-state index is 12.0. The van der Waals surface area contributed by atoms with Crippen LogP contribution in [0.3, 0.4) is 0 Å². The van der Waals surface area contributed by atoms with E-state index in [1.165, 1.54) is 18.4 Å². The van der Waals surface area contributed by atoms with Gasteiger partial charge in [-0.05, 0) is 36.0 Å². The molecule has 0 spiro atoms. The monoisotopic (exact) mass is 305 g/mol. The van der Waals surface area contributed by atoms with Crippen molar-refractivity contribution in [3.05, 3.63) is 65.2 Å². The van der Waals surface area contributed by atoms with Gasteiger partial charge < -0.3 is 10.1 Å². The molecule has 1 aliphatic heterocycles. The molecule has 1 heterocycles. The first kappa shape index (κ1) is 14.1. The van der Waals surface area contributed by atoms with Crippen molar-refractivity contribution < 1.29 is 9.53 Å². The molecule has 0 bridgehead atoms. The molecular weight excluding hydrogens is 286 g/mol. The zero-order valence-corrected chi connectivity index (χ0v) is 12.9. The summed E-state index contributed by atoms with van der Waals surface area (Å²) < 4.78 is 6.00. The first-order chi connectivity index (χ1) is 11.3. The van der Waals surface area contributed by atoms with Gasteiger partial charge in [0.15, 0.2) is 0 Å². The number of nitrogens with one attached hydrogen (secondary N) is 1. The summed E-state index contributed by atoms with van der Waals surface area (Å²) in [5, 5.41) is 3.02. The Labute approximate surface area is 136 Å². The first-order valence-electron chi connectivity index (χ1n) is 8.11. The number of amides is 1. The summed E-state index contributed by atoms with van der Waals surface area (Å²) in [6.07, 6.45) is 6.89. The van der Waals surface area contributed by atoms with Gasteiger partial charge in [0, 0.05) is 12.0 Å². The smallest absolute Gasteiger partial charge is 0.228 e. The number of hydrogen-bond donors (Lipinski definition) is 1. The summed E-state index contributed by atoms with van der Waals surface area (Å²) in [6, 6.07) is 14.2. The van der Waals surface area contributed by atoms with E-state index in [4.69, 9.17) is 4.74 Å². The molecule has 116 valence electrons. The van der Waals surface area contributed by atoms with Gasteiger partial charge >= 0.3 is 0 Å². The van der Waals surface area contributed by atoms with Crippen molar-refractivity contribution in [2.45, 2.75) is 31.8 Å². The zero-order chi connectivity index (χ0) is 15.6. The average molecular weight is 305 g/mol. The van der Waals surface area contributed by atoms with Crippen molar-refractivity contribution in [1.29, 1.82) is 0 Å². The Bertz CT molecular complexity index is 761. The number of fused-ring (bicyclic) bond motifs is 1. The minimum atomic E-state index is 0.0116. The highest BCUT2D eigenvalue weighted by Gasteiger charge is 2.28. The lowest BCUT2D eigenvalue weighted by molar-refractivity contribution is -0.115. The third-order valence-corrected chi connectivity index (χ3v) is 4.35. The molecule has 3 nitrogen and oxygen atoms in total. The van der Waals surface area contributed by atoms with Crippen molar-refractivity contribution in [1.82, 2.24) is 0 Å². The Hall–Kier alpha value is -2.55. The van der Waals surface area contributed by atoms with Crippen LogP contribution in [0.5, 0.6) is 5.75 Å². The van der Waals surface area contributed by atoms with E-state index >= 15 is 0 Å². The van der Waals surface area contributed by atoms with E-state index in [0.717, 1.165) is 22.6 Å². The molecule has 1 N–H and O–H groups in total. The molecule has 0 aromatic heterocycles. The number of carbonyl (C=O) groups excluding carboxylic acids is 1. The molecular formula is C20H19NO2. The molecule has 3 heteroatoms. The molecule has 23 heavy (non-hydrogen) atoms. The lowest BCUT2D eigenvalue weighted by Crippen LogP contribution is -2.11. The van der Waals surface area contributed by atoms with Gasteiger partial charge in [-0.15, -0.1) is 0 Å². The normalized spacial score (nSPS) is 16.4. The third-order valence-electron chi connectivity index (χ3n) is 4.35. The molecule has 4 rings (SSSR count). The Balaban J connectivity index is 1.67. The van der Waals surface area contributed by atoms with E-state index in [1.54, 1.807) is 0 Å². The molecule has 2 aromatic rings. The Morgan fingerprint density at radius 3 is 2.70 bits per heavy atom. The zero-order valence-electron chi connectivity index (χ0n) is 12.9. The first-order valence-corrected chi connectivity index (χ1v) is 8.11. The fourth-order valence-corrected chi connectivity index (χ4v) is 3.00. The van der Waals surface area contributed by atoms with Crippen LogP contribution >= 0.6 is 0 Å². The number of anilines is 1. The van der Waals surface area contributed by atoms with Crippen LogP contribution in [0.1, 0.15) is 41.9 Å².